The molecule has 0 aromatic rings. The van der Waals surface area contributed by atoms with Crippen molar-refractivity contribution in [3.63, 3.8) is 0 Å². The summed E-state index contributed by atoms with van der Waals surface area (Å²) in [4.78, 5) is 25.9. The number of ether oxygens (including phenoxy) is 2. The maximum atomic E-state index is 12.7. The monoisotopic (exact) mass is 295 g/mol. The van der Waals surface area contributed by atoms with Gasteiger partial charge in [-0.2, -0.15) is 0 Å². The van der Waals surface area contributed by atoms with Gasteiger partial charge in [0.25, 0.3) is 0 Å². The third-order valence-electron chi connectivity index (χ3n) is 5.26. The SMILES string of the molecule is COC(=O)CCN(CC1CCCO1)C(=O)C1C2CCCC21. The van der Waals surface area contributed by atoms with Crippen molar-refractivity contribution in [2.45, 2.75) is 44.6 Å². The van der Waals surface area contributed by atoms with Crippen LogP contribution in [0.15, 0.2) is 0 Å². The summed E-state index contributed by atoms with van der Waals surface area (Å²) in [5.74, 6) is 1.43. The van der Waals surface area contributed by atoms with E-state index in [1.165, 1.54) is 26.4 Å². The summed E-state index contributed by atoms with van der Waals surface area (Å²) < 4.78 is 10.3. The average Bonchev–Trinajstić information content (AvgIpc) is 2.92. The standard InChI is InChI=1S/C16H25NO4/c1-20-14(18)7-8-17(10-11-4-3-9-21-11)16(19)15-12-5-2-6-13(12)15/h11-13,15H,2-10H2,1H3. The maximum Gasteiger partial charge on any atom is 0.307 e. The minimum absolute atomic E-state index is 0.144. The largest absolute Gasteiger partial charge is 0.469 e. The van der Waals surface area contributed by atoms with Gasteiger partial charge in [-0.3, -0.25) is 9.59 Å². The van der Waals surface area contributed by atoms with E-state index in [0.29, 0.717) is 24.9 Å². The first-order chi connectivity index (χ1) is 10.2. The van der Waals surface area contributed by atoms with Gasteiger partial charge in [-0.1, -0.05) is 6.42 Å². The van der Waals surface area contributed by atoms with Crippen LogP contribution in [0.2, 0.25) is 0 Å². The predicted octanol–water partition coefficient (Wildman–Crippen LogP) is 1.60. The molecule has 0 aromatic carbocycles. The number of carbonyl (C=O) groups excluding carboxylic acids is 2. The molecule has 3 atom stereocenters. The van der Waals surface area contributed by atoms with E-state index in [2.05, 4.69) is 0 Å². The topological polar surface area (TPSA) is 55.8 Å². The molecule has 21 heavy (non-hydrogen) atoms. The highest BCUT2D eigenvalue weighted by Crippen LogP contribution is 2.58. The smallest absolute Gasteiger partial charge is 0.307 e. The highest BCUT2D eigenvalue weighted by atomic mass is 16.5. The Labute approximate surface area is 126 Å². The second kappa shape index (κ2) is 6.34. The predicted molar refractivity (Wildman–Crippen MR) is 76.5 cm³/mol. The van der Waals surface area contributed by atoms with Gasteiger partial charge in [-0.25, -0.2) is 0 Å². The second-order valence-electron chi connectivity index (χ2n) is 6.53. The molecule has 1 heterocycles. The van der Waals surface area contributed by atoms with Crippen molar-refractivity contribution in [2.24, 2.45) is 17.8 Å². The summed E-state index contributed by atoms with van der Waals surface area (Å²) in [6.07, 6.45) is 6.17. The Kier molecular flexibility index (Phi) is 4.48. The maximum absolute atomic E-state index is 12.7. The van der Waals surface area contributed by atoms with Gasteiger partial charge < -0.3 is 14.4 Å². The molecular formula is C16H25NO4. The van der Waals surface area contributed by atoms with Crippen LogP contribution in [0.1, 0.15) is 38.5 Å². The van der Waals surface area contributed by atoms with Gasteiger partial charge in [0.05, 0.1) is 19.6 Å². The second-order valence-corrected chi connectivity index (χ2v) is 6.53. The van der Waals surface area contributed by atoms with E-state index in [0.717, 1.165) is 19.4 Å². The molecule has 118 valence electrons. The van der Waals surface area contributed by atoms with E-state index in [9.17, 15) is 9.59 Å². The van der Waals surface area contributed by atoms with Crippen molar-refractivity contribution in [3.05, 3.63) is 0 Å². The summed E-state index contributed by atoms with van der Waals surface area (Å²) in [7, 11) is 1.39. The fourth-order valence-corrected chi connectivity index (χ4v) is 4.05. The third kappa shape index (κ3) is 3.23. The molecular weight excluding hydrogens is 270 g/mol. The van der Waals surface area contributed by atoms with Crippen LogP contribution in [0.4, 0.5) is 0 Å². The molecule has 3 rings (SSSR count). The minimum Gasteiger partial charge on any atom is -0.469 e. The summed E-state index contributed by atoms with van der Waals surface area (Å²) >= 11 is 0. The van der Waals surface area contributed by atoms with Crippen LogP contribution < -0.4 is 0 Å². The normalized spacial score (nSPS) is 33.6. The van der Waals surface area contributed by atoms with Crippen LogP contribution >= 0.6 is 0 Å². The number of hydrogen-bond donors (Lipinski definition) is 0. The van der Waals surface area contributed by atoms with Gasteiger partial charge in [0, 0.05) is 25.6 Å². The lowest BCUT2D eigenvalue weighted by Gasteiger charge is -2.26. The lowest BCUT2D eigenvalue weighted by atomic mass is 10.1. The van der Waals surface area contributed by atoms with Crippen LogP contribution in [0.5, 0.6) is 0 Å². The first-order valence-electron chi connectivity index (χ1n) is 8.18. The Morgan fingerprint density at radius 1 is 1.19 bits per heavy atom. The molecule has 0 spiro atoms. The number of esters is 1. The van der Waals surface area contributed by atoms with Gasteiger partial charge in [0.15, 0.2) is 0 Å². The quantitative estimate of drug-likeness (QED) is 0.699. The highest BCUT2D eigenvalue weighted by Gasteiger charge is 2.57. The van der Waals surface area contributed by atoms with Crippen molar-refractivity contribution in [3.8, 4) is 0 Å². The zero-order valence-electron chi connectivity index (χ0n) is 12.8. The number of methoxy groups -OCH3 is 1. The molecule has 3 unspecified atom stereocenters. The highest BCUT2D eigenvalue weighted by molar-refractivity contribution is 5.83. The van der Waals surface area contributed by atoms with Crippen molar-refractivity contribution >= 4 is 11.9 Å². The molecule has 0 radical (unpaired) electrons. The molecule has 3 aliphatic rings. The van der Waals surface area contributed by atoms with Gasteiger partial charge in [-0.15, -0.1) is 0 Å². The summed E-state index contributed by atoms with van der Waals surface area (Å²) in [5, 5.41) is 0. The third-order valence-corrected chi connectivity index (χ3v) is 5.26. The Bertz CT molecular complexity index is 395. The summed E-state index contributed by atoms with van der Waals surface area (Å²) in [5.41, 5.74) is 0. The number of hydrogen-bond acceptors (Lipinski definition) is 4. The molecule has 1 amide bonds. The molecule has 1 saturated heterocycles. The fraction of sp³-hybridized carbons (Fsp3) is 0.875. The number of fused-ring (bicyclic) bond motifs is 1. The van der Waals surface area contributed by atoms with E-state index in [-0.39, 0.29) is 30.3 Å². The molecule has 2 saturated carbocycles. The van der Waals surface area contributed by atoms with Crippen LogP contribution in [-0.4, -0.2) is 49.7 Å². The van der Waals surface area contributed by atoms with E-state index >= 15 is 0 Å². The summed E-state index contributed by atoms with van der Waals surface area (Å²) in [6.45, 7) is 1.88. The summed E-state index contributed by atoms with van der Waals surface area (Å²) in [6, 6.07) is 0. The van der Waals surface area contributed by atoms with Gasteiger partial charge >= 0.3 is 5.97 Å². The van der Waals surface area contributed by atoms with Crippen LogP contribution in [0.3, 0.4) is 0 Å². The number of amides is 1. The van der Waals surface area contributed by atoms with E-state index in [1.807, 2.05) is 4.90 Å². The number of rotatable bonds is 6. The molecule has 3 fully saturated rings. The Morgan fingerprint density at radius 3 is 2.57 bits per heavy atom. The van der Waals surface area contributed by atoms with Gasteiger partial charge in [0.1, 0.15) is 0 Å². The van der Waals surface area contributed by atoms with Crippen LogP contribution in [0.25, 0.3) is 0 Å². The van der Waals surface area contributed by atoms with E-state index < -0.39 is 0 Å². The van der Waals surface area contributed by atoms with E-state index in [1.54, 1.807) is 0 Å². The number of nitrogens with zero attached hydrogens (tertiary/aromatic N) is 1. The lowest BCUT2D eigenvalue weighted by Crippen LogP contribution is -2.40. The fourth-order valence-electron chi connectivity index (χ4n) is 4.05. The van der Waals surface area contributed by atoms with Crippen LogP contribution in [-0.2, 0) is 19.1 Å². The zero-order valence-corrected chi connectivity index (χ0v) is 12.8. The van der Waals surface area contributed by atoms with Crippen molar-refractivity contribution in [1.82, 2.24) is 4.90 Å². The van der Waals surface area contributed by atoms with Crippen molar-refractivity contribution < 1.29 is 19.1 Å². The van der Waals surface area contributed by atoms with Crippen LogP contribution in [0, 0.1) is 17.8 Å². The first-order valence-corrected chi connectivity index (χ1v) is 8.18. The molecule has 5 heteroatoms. The van der Waals surface area contributed by atoms with Crippen molar-refractivity contribution in [1.29, 1.82) is 0 Å². The van der Waals surface area contributed by atoms with E-state index in [4.69, 9.17) is 9.47 Å². The molecule has 5 nitrogen and oxygen atoms in total. The molecule has 2 aliphatic carbocycles. The average molecular weight is 295 g/mol. The lowest BCUT2D eigenvalue weighted by molar-refractivity contribution is -0.142. The van der Waals surface area contributed by atoms with Gasteiger partial charge in [0.2, 0.25) is 5.91 Å². The molecule has 0 N–H and O–H groups in total. The Morgan fingerprint density at radius 2 is 1.95 bits per heavy atom. The Hall–Kier alpha value is -1.10. The van der Waals surface area contributed by atoms with Gasteiger partial charge in [-0.05, 0) is 37.5 Å². The zero-order chi connectivity index (χ0) is 14.8. The number of carbonyl (C=O) groups is 2. The Balaban J connectivity index is 1.57. The molecule has 1 aliphatic heterocycles. The van der Waals surface area contributed by atoms with Crippen molar-refractivity contribution in [2.75, 3.05) is 26.8 Å². The molecule has 0 aromatic heterocycles. The first kappa shape index (κ1) is 14.8. The molecule has 0 bridgehead atoms. The minimum atomic E-state index is -0.254.